The van der Waals surface area contributed by atoms with Crippen molar-refractivity contribution in [2.24, 2.45) is 0 Å². The molecule has 4 aromatic rings. The number of pyridine rings is 2. The maximum absolute atomic E-state index is 9.30. The predicted molar refractivity (Wildman–Crippen MR) is 84.2 cm³/mol. The van der Waals surface area contributed by atoms with Crippen LogP contribution >= 0.6 is 11.3 Å². The van der Waals surface area contributed by atoms with Crippen LogP contribution in [0.5, 0.6) is 0 Å². The van der Waals surface area contributed by atoms with Gasteiger partial charge < -0.3 is 0 Å². The Balaban J connectivity index is 2.01. The van der Waals surface area contributed by atoms with Gasteiger partial charge in [0, 0.05) is 18.0 Å². The molecule has 0 aliphatic rings. The van der Waals surface area contributed by atoms with E-state index in [1.165, 1.54) is 0 Å². The van der Waals surface area contributed by atoms with Gasteiger partial charge in [0.15, 0.2) is 11.5 Å². The molecule has 0 aliphatic heterocycles. The Hall–Kier alpha value is -3.04. The number of aromatic nitrogens is 4. The third kappa shape index (κ3) is 1.96. The molecule has 0 fully saturated rings. The number of hydrogen-bond acceptors (Lipinski definition) is 5. The summed E-state index contributed by atoms with van der Waals surface area (Å²) in [5.74, 6) is 0.564. The number of hydrogen-bond donors (Lipinski definition) is 0. The average molecular weight is 303 g/mol. The monoisotopic (exact) mass is 303 g/mol. The van der Waals surface area contributed by atoms with E-state index in [0.29, 0.717) is 17.0 Å². The number of thiophene rings is 1. The van der Waals surface area contributed by atoms with E-state index in [1.54, 1.807) is 34.3 Å². The summed E-state index contributed by atoms with van der Waals surface area (Å²) in [4.78, 5) is 9.69. The molecule has 0 amide bonds. The van der Waals surface area contributed by atoms with E-state index in [1.807, 2.05) is 35.7 Å². The number of fused-ring (bicyclic) bond motifs is 1. The molecule has 0 unspecified atom stereocenters. The van der Waals surface area contributed by atoms with Crippen molar-refractivity contribution >= 4 is 17.0 Å². The Labute approximate surface area is 130 Å². The Morgan fingerprint density at radius 1 is 1.14 bits per heavy atom. The van der Waals surface area contributed by atoms with E-state index in [2.05, 4.69) is 21.1 Å². The van der Waals surface area contributed by atoms with Gasteiger partial charge in [0.1, 0.15) is 6.07 Å². The molecule has 0 aromatic carbocycles. The molecule has 6 heteroatoms. The van der Waals surface area contributed by atoms with Crippen LogP contribution < -0.4 is 0 Å². The molecule has 4 rings (SSSR count). The second-order valence-electron chi connectivity index (χ2n) is 4.63. The lowest BCUT2D eigenvalue weighted by molar-refractivity contribution is 0.974. The fraction of sp³-hybridized carbons (Fsp3) is 0. The van der Waals surface area contributed by atoms with Gasteiger partial charge in [-0.25, -0.2) is 9.50 Å². The van der Waals surface area contributed by atoms with E-state index >= 15 is 0 Å². The topological polar surface area (TPSA) is 66.9 Å². The van der Waals surface area contributed by atoms with Crippen molar-refractivity contribution in [2.75, 3.05) is 0 Å². The summed E-state index contributed by atoms with van der Waals surface area (Å²) in [5.41, 5.74) is 2.81. The zero-order chi connectivity index (χ0) is 14.9. The first-order chi connectivity index (χ1) is 10.9. The highest BCUT2D eigenvalue weighted by molar-refractivity contribution is 7.13. The molecule has 22 heavy (non-hydrogen) atoms. The van der Waals surface area contributed by atoms with Crippen LogP contribution in [0.1, 0.15) is 5.56 Å². The summed E-state index contributed by atoms with van der Waals surface area (Å²) in [5, 5.41) is 15.9. The number of nitrogens with zero attached hydrogens (tertiary/aromatic N) is 5. The Morgan fingerprint density at radius 2 is 2.09 bits per heavy atom. The van der Waals surface area contributed by atoms with Gasteiger partial charge in [0.05, 0.1) is 16.1 Å². The minimum atomic E-state index is 0.503. The fourth-order valence-corrected chi connectivity index (χ4v) is 3.01. The molecule has 0 saturated carbocycles. The van der Waals surface area contributed by atoms with E-state index in [4.69, 9.17) is 0 Å². The molecular weight excluding hydrogens is 294 g/mol. The van der Waals surface area contributed by atoms with Crippen LogP contribution in [0.2, 0.25) is 0 Å². The van der Waals surface area contributed by atoms with Gasteiger partial charge in [-0.05, 0) is 35.7 Å². The second-order valence-corrected chi connectivity index (χ2v) is 5.58. The maximum atomic E-state index is 9.30. The minimum absolute atomic E-state index is 0.503. The first-order valence-corrected chi connectivity index (χ1v) is 7.49. The molecular formula is C16H9N5S. The Kier molecular flexibility index (Phi) is 2.92. The zero-order valence-electron chi connectivity index (χ0n) is 11.3. The summed E-state index contributed by atoms with van der Waals surface area (Å²) in [6, 6.07) is 13.6. The van der Waals surface area contributed by atoms with Crippen molar-refractivity contribution in [3.8, 4) is 28.0 Å². The van der Waals surface area contributed by atoms with Crippen molar-refractivity contribution in [2.45, 2.75) is 0 Å². The third-order valence-electron chi connectivity index (χ3n) is 3.30. The Morgan fingerprint density at radius 3 is 2.82 bits per heavy atom. The van der Waals surface area contributed by atoms with Crippen molar-refractivity contribution < 1.29 is 0 Å². The van der Waals surface area contributed by atoms with Crippen molar-refractivity contribution in [3.05, 3.63) is 59.7 Å². The number of nitriles is 1. The number of rotatable bonds is 2. The third-order valence-corrected chi connectivity index (χ3v) is 4.19. The molecule has 0 bridgehead atoms. The van der Waals surface area contributed by atoms with Gasteiger partial charge in [-0.15, -0.1) is 16.4 Å². The Bertz CT molecular complexity index is 981. The predicted octanol–water partition coefficient (Wildman–Crippen LogP) is 3.39. The van der Waals surface area contributed by atoms with Gasteiger partial charge in [-0.3, -0.25) is 4.98 Å². The quantitative estimate of drug-likeness (QED) is 0.569. The smallest absolute Gasteiger partial charge is 0.183 e. The lowest BCUT2D eigenvalue weighted by atomic mass is 10.2. The first-order valence-electron chi connectivity index (χ1n) is 6.61. The van der Waals surface area contributed by atoms with E-state index in [0.717, 1.165) is 16.1 Å². The normalized spacial score (nSPS) is 10.7. The summed E-state index contributed by atoms with van der Waals surface area (Å²) >= 11 is 1.63. The van der Waals surface area contributed by atoms with Crippen LogP contribution in [-0.4, -0.2) is 19.6 Å². The largest absolute Gasteiger partial charge is 0.264 e. The SMILES string of the molecule is N#Cc1ccc(-c2cccs2)n2nc(-c3cccnc3)nc12. The van der Waals surface area contributed by atoms with E-state index in [-0.39, 0.29) is 0 Å². The highest BCUT2D eigenvalue weighted by atomic mass is 32.1. The molecule has 0 saturated heterocycles. The van der Waals surface area contributed by atoms with Crippen molar-refractivity contribution in [3.63, 3.8) is 0 Å². The van der Waals surface area contributed by atoms with Crippen LogP contribution in [0.15, 0.2) is 54.2 Å². The first kappa shape index (κ1) is 12.7. The van der Waals surface area contributed by atoms with E-state index < -0.39 is 0 Å². The molecule has 0 N–H and O–H groups in total. The van der Waals surface area contributed by atoms with Gasteiger partial charge in [-0.2, -0.15) is 5.26 Å². The molecule has 0 radical (unpaired) electrons. The molecule has 0 spiro atoms. The van der Waals surface area contributed by atoms with E-state index in [9.17, 15) is 5.26 Å². The van der Waals surface area contributed by atoms with Gasteiger partial charge in [0.25, 0.3) is 0 Å². The molecule has 104 valence electrons. The summed E-state index contributed by atoms with van der Waals surface area (Å²) < 4.78 is 1.73. The fourth-order valence-electron chi connectivity index (χ4n) is 2.28. The molecule has 0 atom stereocenters. The highest BCUT2D eigenvalue weighted by Crippen LogP contribution is 2.27. The van der Waals surface area contributed by atoms with Crippen LogP contribution in [0.25, 0.3) is 27.6 Å². The minimum Gasteiger partial charge on any atom is -0.264 e. The van der Waals surface area contributed by atoms with Crippen molar-refractivity contribution in [1.29, 1.82) is 5.26 Å². The van der Waals surface area contributed by atoms with Gasteiger partial charge >= 0.3 is 0 Å². The zero-order valence-corrected chi connectivity index (χ0v) is 12.2. The standard InChI is InChI=1S/C16H9N5S/c17-9-11-5-6-13(14-4-2-8-22-14)21-16(11)19-15(20-21)12-3-1-7-18-10-12/h1-8,10H. The van der Waals surface area contributed by atoms with Crippen LogP contribution in [0.3, 0.4) is 0 Å². The molecule has 4 aromatic heterocycles. The lowest BCUT2D eigenvalue weighted by Gasteiger charge is -2.01. The average Bonchev–Trinajstić information content (AvgIpc) is 3.24. The van der Waals surface area contributed by atoms with Crippen LogP contribution in [-0.2, 0) is 0 Å². The molecule has 0 aliphatic carbocycles. The van der Waals surface area contributed by atoms with Crippen molar-refractivity contribution in [1.82, 2.24) is 19.6 Å². The lowest BCUT2D eigenvalue weighted by Crippen LogP contribution is -1.95. The molecule has 4 heterocycles. The van der Waals surface area contributed by atoms with Crippen LogP contribution in [0.4, 0.5) is 0 Å². The second kappa shape index (κ2) is 5.06. The summed E-state index contributed by atoms with van der Waals surface area (Å²) in [6.45, 7) is 0. The maximum Gasteiger partial charge on any atom is 0.183 e. The summed E-state index contributed by atoms with van der Waals surface area (Å²) in [6.07, 6.45) is 3.42. The van der Waals surface area contributed by atoms with Crippen LogP contribution in [0, 0.1) is 11.3 Å². The summed E-state index contributed by atoms with van der Waals surface area (Å²) in [7, 11) is 0. The molecule has 5 nitrogen and oxygen atoms in total. The van der Waals surface area contributed by atoms with Gasteiger partial charge in [0.2, 0.25) is 0 Å². The highest BCUT2D eigenvalue weighted by Gasteiger charge is 2.14. The van der Waals surface area contributed by atoms with Gasteiger partial charge in [-0.1, -0.05) is 6.07 Å².